The van der Waals surface area contributed by atoms with E-state index in [9.17, 15) is 0 Å². The van der Waals surface area contributed by atoms with Crippen LogP contribution in [-0.2, 0) is 9.31 Å². The first-order chi connectivity index (χ1) is 8.84. The summed E-state index contributed by atoms with van der Waals surface area (Å²) in [6, 6.07) is 0. The number of hydrogen-bond donors (Lipinski definition) is 0. The van der Waals surface area contributed by atoms with Crippen molar-refractivity contribution in [3.8, 4) is 0 Å². The van der Waals surface area contributed by atoms with Gasteiger partial charge in [0.15, 0.2) is 0 Å². The van der Waals surface area contributed by atoms with Crippen molar-refractivity contribution in [3.05, 3.63) is 23.8 Å². The van der Waals surface area contributed by atoms with Crippen LogP contribution in [0.3, 0.4) is 0 Å². The second-order valence-electron chi connectivity index (χ2n) is 5.83. The molecular formula is C15H26BNO2. The lowest BCUT2D eigenvalue weighted by Crippen LogP contribution is -2.41. The molecule has 0 spiro atoms. The summed E-state index contributed by atoms with van der Waals surface area (Å²) in [4.78, 5) is 4.29. The Morgan fingerprint density at radius 2 is 1.74 bits per heavy atom. The predicted octanol–water partition coefficient (Wildman–Crippen LogP) is 3.95. The van der Waals surface area contributed by atoms with Gasteiger partial charge in [-0.2, -0.15) is 0 Å². The average molecular weight is 263 g/mol. The number of unbranched alkanes of at least 4 members (excludes halogenated alkanes) is 1. The zero-order chi connectivity index (χ0) is 14.5. The maximum Gasteiger partial charge on any atom is 0.496 e. The number of nitrogens with zero attached hydrogens (tertiary/aromatic N) is 1. The van der Waals surface area contributed by atoms with Crippen LogP contribution in [0.5, 0.6) is 0 Å². The van der Waals surface area contributed by atoms with Crippen molar-refractivity contribution in [2.24, 2.45) is 4.99 Å². The molecule has 1 heterocycles. The van der Waals surface area contributed by atoms with Crippen LogP contribution < -0.4 is 0 Å². The third kappa shape index (κ3) is 4.05. The number of aliphatic imine (C=N–C) groups is 1. The first-order valence-electron chi connectivity index (χ1n) is 7.04. The average Bonchev–Trinajstić information content (AvgIpc) is 2.53. The standard InChI is InChI=1S/C15H26BNO2/c1-7-9-10-11-17-12-13(8-2)16-18-14(3,4)15(5,6)19-16/h8,10-12H,7,9H2,1-6H3/b11-10-,13-8+,17-12+. The molecule has 4 heteroatoms. The van der Waals surface area contributed by atoms with Crippen molar-refractivity contribution in [1.82, 2.24) is 0 Å². The molecule has 1 aliphatic rings. The van der Waals surface area contributed by atoms with Crippen molar-refractivity contribution in [3.63, 3.8) is 0 Å². The molecule has 0 N–H and O–H groups in total. The molecule has 0 aliphatic carbocycles. The van der Waals surface area contributed by atoms with Gasteiger partial charge >= 0.3 is 7.12 Å². The highest BCUT2D eigenvalue weighted by atomic mass is 16.7. The smallest absolute Gasteiger partial charge is 0.399 e. The van der Waals surface area contributed by atoms with Crippen LogP contribution in [0.4, 0.5) is 0 Å². The van der Waals surface area contributed by atoms with E-state index in [1.54, 1.807) is 0 Å². The fourth-order valence-electron chi connectivity index (χ4n) is 1.68. The lowest BCUT2D eigenvalue weighted by atomic mass is 9.79. The van der Waals surface area contributed by atoms with E-state index in [2.05, 4.69) is 45.7 Å². The van der Waals surface area contributed by atoms with Crippen molar-refractivity contribution in [2.45, 2.75) is 65.6 Å². The summed E-state index contributed by atoms with van der Waals surface area (Å²) in [6.07, 6.45) is 9.89. The first kappa shape index (κ1) is 16.2. The van der Waals surface area contributed by atoms with Crippen LogP contribution in [0.25, 0.3) is 0 Å². The van der Waals surface area contributed by atoms with Crippen molar-refractivity contribution in [2.75, 3.05) is 0 Å². The summed E-state index contributed by atoms with van der Waals surface area (Å²) < 4.78 is 12.0. The highest BCUT2D eigenvalue weighted by Gasteiger charge is 2.51. The van der Waals surface area contributed by atoms with Crippen LogP contribution in [0.15, 0.2) is 28.8 Å². The Morgan fingerprint density at radius 1 is 1.16 bits per heavy atom. The minimum absolute atomic E-state index is 0.308. The number of allylic oxidation sites excluding steroid dienone is 3. The summed E-state index contributed by atoms with van der Waals surface area (Å²) in [5, 5.41) is 0. The van der Waals surface area contributed by atoms with E-state index in [0.29, 0.717) is 0 Å². The largest absolute Gasteiger partial charge is 0.496 e. The van der Waals surface area contributed by atoms with Gasteiger partial charge in [0, 0.05) is 12.4 Å². The van der Waals surface area contributed by atoms with E-state index in [1.165, 1.54) is 0 Å². The maximum absolute atomic E-state index is 5.99. The molecule has 0 aromatic carbocycles. The molecule has 0 unspecified atom stereocenters. The van der Waals surface area contributed by atoms with E-state index < -0.39 is 0 Å². The molecule has 1 rings (SSSR count). The van der Waals surface area contributed by atoms with Gasteiger partial charge in [0.2, 0.25) is 0 Å². The Bertz CT molecular complexity index is 368. The third-order valence-electron chi connectivity index (χ3n) is 3.73. The molecule has 0 atom stereocenters. The topological polar surface area (TPSA) is 30.8 Å². The summed E-state index contributed by atoms with van der Waals surface area (Å²) in [5.41, 5.74) is 0.343. The molecule has 3 nitrogen and oxygen atoms in total. The molecule has 0 saturated carbocycles. The molecule has 0 bridgehead atoms. The Balaban J connectivity index is 2.69. The van der Waals surface area contributed by atoms with Gasteiger partial charge in [0.05, 0.1) is 11.2 Å². The van der Waals surface area contributed by atoms with E-state index >= 15 is 0 Å². The second kappa shape index (κ2) is 6.53. The zero-order valence-electron chi connectivity index (χ0n) is 13.1. The molecule has 1 fully saturated rings. The predicted molar refractivity (Wildman–Crippen MR) is 82.4 cm³/mol. The third-order valence-corrected chi connectivity index (χ3v) is 3.73. The number of hydrogen-bond acceptors (Lipinski definition) is 3. The van der Waals surface area contributed by atoms with E-state index in [-0.39, 0.29) is 18.3 Å². The van der Waals surface area contributed by atoms with E-state index in [0.717, 1.165) is 18.3 Å². The maximum atomic E-state index is 5.99. The van der Waals surface area contributed by atoms with Crippen molar-refractivity contribution >= 4 is 13.3 Å². The van der Waals surface area contributed by atoms with Gasteiger partial charge in [-0.1, -0.05) is 25.5 Å². The minimum atomic E-state index is -0.335. The van der Waals surface area contributed by atoms with E-state index in [4.69, 9.17) is 9.31 Å². The van der Waals surface area contributed by atoms with Gasteiger partial charge in [0.1, 0.15) is 0 Å². The molecule has 1 saturated heterocycles. The minimum Gasteiger partial charge on any atom is -0.399 e. The van der Waals surface area contributed by atoms with Gasteiger partial charge in [0.25, 0.3) is 0 Å². The molecule has 106 valence electrons. The van der Waals surface area contributed by atoms with Gasteiger partial charge < -0.3 is 9.31 Å². The molecule has 0 aromatic rings. The normalized spacial score (nSPS) is 22.8. The SMILES string of the molecule is C\C=C(/C=N/C=C\CCC)B1OC(C)(C)C(C)(C)O1. The zero-order valence-corrected chi connectivity index (χ0v) is 13.1. The fourth-order valence-corrected chi connectivity index (χ4v) is 1.68. The molecule has 0 aromatic heterocycles. The Morgan fingerprint density at radius 3 is 2.21 bits per heavy atom. The molecule has 0 radical (unpaired) electrons. The van der Waals surface area contributed by atoms with Crippen LogP contribution >= 0.6 is 0 Å². The fraction of sp³-hybridized carbons (Fsp3) is 0.667. The van der Waals surface area contributed by atoms with Crippen LogP contribution in [-0.4, -0.2) is 24.5 Å². The molecule has 0 amide bonds. The van der Waals surface area contributed by atoms with Crippen molar-refractivity contribution < 1.29 is 9.31 Å². The van der Waals surface area contributed by atoms with E-state index in [1.807, 2.05) is 25.4 Å². The summed E-state index contributed by atoms with van der Waals surface area (Å²) in [7, 11) is -0.335. The van der Waals surface area contributed by atoms with Gasteiger partial charge in [-0.05, 0) is 46.5 Å². The monoisotopic (exact) mass is 263 g/mol. The first-order valence-corrected chi connectivity index (χ1v) is 7.04. The Labute approximate surface area is 117 Å². The Hall–Kier alpha value is -0.865. The highest BCUT2D eigenvalue weighted by Crippen LogP contribution is 2.38. The van der Waals surface area contributed by atoms with Gasteiger partial charge in [-0.15, -0.1) is 0 Å². The highest BCUT2D eigenvalue weighted by molar-refractivity contribution is 6.60. The molecule has 19 heavy (non-hydrogen) atoms. The molecular weight excluding hydrogens is 237 g/mol. The van der Waals surface area contributed by atoms with Gasteiger partial charge in [-0.25, -0.2) is 0 Å². The lowest BCUT2D eigenvalue weighted by molar-refractivity contribution is 0.00578. The Kier molecular flexibility index (Phi) is 5.57. The molecule has 1 aliphatic heterocycles. The van der Waals surface area contributed by atoms with Crippen LogP contribution in [0, 0.1) is 0 Å². The quantitative estimate of drug-likeness (QED) is 0.555. The van der Waals surface area contributed by atoms with Gasteiger partial charge in [-0.3, -0.25) is 4.99 Å². The van der Waals surface area contributed by atoms with Crippen LogP contribution in [0.1, 0.15) is 54.4 Å². The summed E-state index contributed by atoms with van der Waals surface area (Å²) >= 11 is 0. The summed E-state index contributed by atoms with van der Waals surface area (Å²) in [5.74, 6) is 0. The second-order valence-corrected chi connectivity index (χ2v) is 5.83. The summed E-state index contributed by atoms with van der Waals surface area (Å²) in [6.45, 7) is 12.3. The number of rotatable bonds is 5. The lowest BCUT2D eigenvalue weighted by Gasteiger charge is -2.32. The van der Waals surface area contributed by atoms with Crippen molar-refractivity contribution in [1.29, 1.82) is 0 Å². The van der Waals surface area contributed by atoms with Crippen LogP contribution in [0.2, 0.25) is 0 Å².